The van der Waals surface area contributed by atoms with Gasteiger partial charge in [-0.05, 0) is 51.0 Å². The van der Waals surface area contributed by atoms with E-state index in [0.29, 0.717) is 0 Å². The first-order valence-corrected chi connectivity index (χ1v) is 6.51. The maximum Gasteiger partial charge on any atom is 0.310 e. The number of nitrogens with zero attached hydrogens (tertiary/aromatic N) is 1. The molecular weight excluding hydrogens is 238 g/mol. The number of esters is 1. The molecule has 0 radical (unpaired) electrons. The Kier molecular flexibility index (Phi) is 3.84. The summed E-state index contributed by atoms with van der Waals surface area (Å²) < 4.78 is 5.18. The minimum absolute atomic E-state index is 0.0801. The lowest BCUT2D eigenvalue weighted by atomic mass is 10.0. The average molecular weight is 257 g/mol. The van der Waals surface area contributed by atoms with E-state index in [1.807, 2.05) is 32.9 Å². The SMILES string of the molecule is Cc1ccc2ncc(CC(=O)OC(C)C)c(C)c2c1. The van der Waals surface area contributed by atoms with Crippen molar-refractivity contribution in [2.45, 2.75) is 40.2 Å². The number of benzene rings is 1. The number of carbonyl (C=O) groups excluding carboxylic acids is 1. The molecule has 0 aliphatic heterocycles. The van der Waals surface area contributed by atoms with E-state index >= 15 is 0 Å². The summed E-state index contributed by atoms with van der Waals surface area (Å²) in [4.78, 5) is 16.1. The zero-order chi connectivity index (χ0) is 14.0. The van der Waals surface area contributed by atoms with E-state index in [-0.39, 0.29) is 18.5 Å². The molecule has 0 unspecified atom stereocenters. The summed E-state index contributed by atoms with van der Waals surface area (Å²) in [5.41, 5.74) is 4.20. The number of hydrogen-bond donors (Lipinski definition) is 0. The molecule has 3 nitrogen and oxygen atoms in total. The summed E-state index contributed by atoms with van der Waals surface area (Å²) in [5, 5.41) is 1.11. The lowest BCUT2D eigenvalue weighted by molar-refractivity contribution is -0.146. The standard InChI is InChI=1S/C16H19NO2/c1-10(2)19-16(18)8-13-9-17-15-6-5-11(3)7-14(15)12(13)4/h5-7,9-10H,8H2,1-4H3. The molecule has 0 amide bonds. The number of aryl methyl sites for hydroxylation is 2. The number of hydrogen-bond acceptors (Lipinski definition) is 3. The molecule has 2 aromatic rings. The molecule has 3 heteroatoms. The fourth-order valence-corrected chi connectivity index (χ4v) is 2.12. The van der Waals surface area contributed by atoms with Crippen molar-refractivity contribution in [1.29, 1.82) is 0 Å². The Morgan fingerprint density at radius 1 is 1.32 bits per heavy atom. The molecule has 1 heterocycles. The molecule has 100 valence electrons. The van der Waals surface area contributed by atoms with Crippen LogP contribution in [0.4, 0.5) is 0 Å². The van der Waals surface area contributed by atoms with Crippen molar-refractivity contribution in [2.24, 2.45) is 0 Å². The fraction of sp³-hybridized carbons (Fsp3) is 0.375. The molecule has 0 atom stereocenters. The van der Waals surface area contributed by atoms with Crippen molar-refractivity contribution in [3.05, 3.63) is 41.1 Å². The lowest BCUT2D eigenvalue weighted by Gasteiger charge is -2.11. The predicted molar refractivity (Wildman–Crippen MR) is 76.1 cm³/mol. The van der Waals surface area contributed by atoms with Crippen LogP contribution in [0, 0.1) is 13.8 Å². The van der Waals surface area contributed by atoms with Crippen LogP contribution >= 0.6 is 0 Å². The Hall–Kier alpha value is -1.90. The van der Waals surface area contributed by atoms with Gasteiger partial charge in [0.2, 0.25) is 0 Å². The number of carbonyl (C=O) groups is 1. The molecular formula is C16H19NO2. The highest BCUT2D eigenvalue weighted by molar-refractivity contribution is 5.85. The van der Waals surface area contributed by atoms with E-state index in [0.717, 1.165) is 22.0 Å². The molecule has 2 rings (SSSR count). The smallest absolute Gasteiger partial charge is 0.310 e. The molecule has 0 spiro atoms. The Morgan fingerprint density at radius 3 is 2.74 bits per heavy atom. The Morgan fingerprint density at radius 2 is 2.05 bits per heavy atom. The van der Waals surface area contributed by atoms with E-state index < -0.39 is 0 Å². The Balaban J connectivity index is 2.34. The number of aromatic nitrogens is 1. The molecule has 1 aromatic heterocycles. The van der Waals surface area contributed by atoms with E-state index in [1.54, 1.807) is 6.20 Å². The van der Waals surface area contributed by atoms with Gasteiger partial charge in [0.15, 0.2) is 0 Å². The van der Waals surface area contributed by atoms with Crippen molar-refractivity contribution in [3.63, 3.8) is 0 Å². The molecule has 0 fully saturated rings. The van der Waals surface area contributed by atoms with Gasteiger partial charge in [-0.2, -0.15) is 0 Å². The second kappa shape index (κ2) is 5.39. The summed E-state index contributed by atoms with van der Waals surface area (Å²) >= 11 is 0. The topological polar surface area (TPSA) is 39.2 Å². The molecule has 19 heavy (non-hydrogen) atoms. The fourth-order valence-electron chi connectivity index (χ4n) is 2.12. The van der Waals surface area contributed by atoms with Gasteiger partial charge in [0, 0.05) is 11.6 Å². The van der Waals surface area contributed by atoms with Gasteiger partial charge in [-0.3, -0.25) is 9.78 Å². The maximum absolute atomic E-state index is 11.7. The van der Waals surface area contributed by atoms with E-state index in [9.17, 15) is 4.79 Å². The second-order valence-corrected chi connectivity index (χ2v) is 5.14. The van der Waals surface area contributed by atoms with Crippen LogP contribution in [0.1, 0.15) is 30.5 Å². The second-order valence-electron chi connectivity index (χ2n) is 5.14. The first-order valence-electron chi connectivity index (χ1n) is 6.51. The molecule has 0 saturated heterocycles. The third-order valence-electron chi connectivity index (χ3n) is 3.10. The van der Waals surface area contributed by atoms with Gasteiger partial charge in [0.05, 0.1) is 18.0 Å². The van der Waals surface area contributed by atoms with Gasteiger partial charge in [0.1, 0.15) is 0 Å². The molecule has 0 aliphatic rings. The third kappa shape index (κ3) is 3.11. The van der Waals surface area contributed by atoms with Crippen molar-refractivity contribution < 1.29 is 9.53 Å². The van der Waals surface area contributed by atoms with Crippen LogP contribution in [-0.4, -0.2) is 17.1 Å². The lowest BCUT2D eigenvalue weighted by Crippen LogP contribution is -2.14. The van der Waals surface area contributed by atoms with Crippen LogP contribution in [0.5, 0.6) is 0 Å². The Bertz CT molecular complexity index is 617. The Labute approximate surface area is 113 Å². The van der Waals surface area contributed by atoms with Gasteiger partial charge < -0.3 is 4.74 Å². The molecule has 0 aliphatic carbocycles. The molecule has 0 bridgehead atoms. The van der Waals surface area contributed by atoms with Crippen molar-refractivity contribution in [3.8, 4) is 0 Å². The van der Waals surface area contributed by atoms with Crippen LogP contribution in [-0.2, 0) is 16.0 Å². The van der Waals surface area contributed by atoms with Crippen LogP contribution in [0.15, 0.2) is 24.4 Å². The molecule has 0 N–H and O–H groups in total. The first kappa shape index (κ1) is 13.5. The average Bonchev–Trinajstić information content (AvgIpc) is 2.32. The summed E-state index contributed by atoms with van der Waals surface area (Å²) in [6.45, 7) is 7.79. The minimum atomic E-state index is -0.202. The van der Waals surface area contributed by atoms with Crippen molar-refractivity contribution in [2.75, 3.05) is 0 Å². The highest BCUT2D eigenvalue weighted by atomic mass is 16.5. The first-order chi connectivity index (χ1) is 8.97. The number of ether oxygens (including phenoxy) is 1. The number of fused-ring (bicyclic) bond motifs is 1. The third-order valence-corrected chi connectivity index (χ3v) is 3.10. The van der Waals surface area contributed by atoms with Crippen LogP contribution in [0.3, 0.4) is 0 Å². The number of rotatable bonds is 3. The quantitative estimate of drug-likeness (QED) is 0.792. The summed E-state index contributed by atoms with van der Waals surface area (Å²) in [7, 11) is 0. The zero-order valence-corrected chi connectivity index (χ0v) is 11.9. The predicted octanol–water partition coefficient (Wildman–Crippen LogP) is 3.35. The zero-order valence-electron chi connectivity index (χ0n) is 11.9. The summed E-state index contributed by atoms with van der Waals surface area (Å²) in [6, 6.07) is 6.16. The van der Waals surface area contributed by atoms with Gasteiger partial charge in [-0.25, -0.2) is 0 Å². The van der Waals surface area contributed by atoms with E-state index in [2.05, 4.69) is 18.0 Å². The van der Waals surface area contributed by atoms with Gasteiger partial charge in [-0.1, -0.05) is 11.6 Å². The monoisotopic (exact) mass is 257 g/mol. The van der Waals surface area contributed by atoms with Crippen LogP contribution in [0.25, 0.3) is 10.9 Å². The molecule has 0 saturated carbocycles. The number of pyridine rings is 1. The minimum Gasteiger partial charge on any atom is -0.463 e. The highest BCUT2D eigenvalue weighted by Crippen LogP contribution is 2.21. The van der Waals surface area contributed by atoms with Gasteiger partial charge in [0.25, 0.3) is 0 Å². The highest BCUT2D eigenvalue weighted by Gasteiger charge is 2.11. The van der Waals surface area contributed by atoms with Gasteiger partial charge >= 0.3 is 5.97 Å². The maximum atomic E-state index is 11.7. The normalized spacial score (nSPS) is 11.0. The van der Waals surface area contributed by atoms with Crippen molar-refractivity contribution >= 4 is 16.9 Å². The largest absolute Gasteiger partial charge is 0.463 e. The van der Waals surface area contributed by atoms with Crippen molar-refractivity contribution in [1.82, 2.24) is 4.98 Å². The molecule has 1 aromatic carbocycles. The summed E-state index contributed by atoms with van der Waals surface area (Å²) in [5.74, 6) is -0.202. The van der Waals surface area contributed by atoms with Crippen LogP contribution in [0.2, 0.25) is 0 Å². The van der Waals surface area contributed by atoms with E-state index in [4.69, 9.17) is 4.74 Å². The van der Waals surface area contributed by atoms with Gasteiger partial charge in [-0.15, -0.1) is 0 Å². The van der Waals surface area contributed by atoms with Crippen LogP contribution < -0.4 is 0 Å². The summed E-state index contributed by atoms with van der Waals surface area (Å²) in [6.07, 6.45) is 1.97. The van der Waals surface area contributed by atoms with E-state index in [1.165, 1.54) is 5.56 Å².